The quantitative estimate of drug-likeness (QED) is 0.328. The third-order valence-corrected chi connectivity index (χ3v) is 10.9. The van der Waals surface area contributed by atoms with Crippen LogP contribution in [0.3, 0.4) is 0 Å². The monoisotopic (exact) mass is 384 g/mol. The Morgan fingerprint density at radius 1 is 0.964 bits per heavy atom. The summed E-state index contributed by atoms with van der Waals surface area (Å²) in [6, 6.07) is 0. The van der Waals surface area contributed by atoms with E-state index < -0.39 is 0 Å². The van der Waals surface area contributed by atoms with Crippen molar-refractivity contribution in [1.29, 1.82) is 0 Å². The first-order valence-electron chi connectivity index (χ1n) is 12.9. The Balaban J connectivity index is 1.50. The van der Waals surface area contributed by atoms with E-state index >= 15 is 0 Å². The van der Waals surface area contributed by atoms with Crippen LogP contribution in [0.15, 0.2) is 11.6 Å². The molecule has 0 N–H and O–H groups in total. The molecule has 0 spiro atoms. The van der Waals surface area contributed by atoms with E-state index in [1.807, 2.05) is 5.57 Å². The number of allylic oxidation sites excluding steroid dienone is 2. The molecule has 0 radical (unpaired) electrons. The van der Waals surface area contributed by atoms with Gasteiger partial charge in [0, 0.05) is 0 Å². The molecule has 4 aliphatic rings. The molecule has 0 aromatic carbocycles. The maximum atomic E-state index is 2.75. The minimum absolute atomic E-state index is 0.549. The molecule has 7 atom stereocenters. The Bertz CT molecular complexity index is 599. The molecule has 0 nitrogen and oxygen atoms in total. The lowest BCUT2D eigenvalue weighted by molar-refractivity contribution is -0.0717. The molecule has 0 saturated heterocycles. The number of fused-ring (bicyclic) bond motifs is 5. The largest absolute Gasteiger partial charge is 0.0845 e. The minimum Gasteiger partial charge on any atom is -0.0845 e. The van der Waals surface area contributed by atoms with Crippen LogP contribution in [0.5, 0.6) is 0 Å². The lowest BCUT2D eigenvalue weighted by atomic mass is 9.45. The molecule has 160 valence electrons. The van der Waals surface area contributed by atoms with Gasteiger partial charge in [0.2, 0.25) is 0 Å². The molecule has 4 rings (SSSR count). The maximum Gasteiger partial charge on any atom is -0.00851 e. The summed E-state index contributed by atoms with van der Waals surface area (Å²) in [6.07, 6.45) is 20.4. The summed E-state index contributed by atoms with van der Waals surface area (Å²) in [6.45, 7) is 15.3. The zero-order valence-electron chi connectivity index (χ0n) is 19.9. The molecule has 28 heavy (non-hydrogen) atoms. The van der Waals surface area contributed by atoms with Crippen LogP contribution in [0.25, 0.3) is 0 Å². The molecule has 0 heterocycles. The normalized spacial score (nSPS) is 48.0. The average molecular weight is 385 g/mol. The minimum atomic E-state index is 0.549. The molecule has 3 unspecified atom stereocenters. The van der Waals surface area contributed by atoms with Gasteiger partial charge in [0.15, 0.2) is 0 Å². The van der Waals surface area contributed by atoms with E-state index in [2.05, 4.69) is 47.6 Å². The van der Waals surface area contributed by atoms with Crippen LogP contribution in [0.2, 0.25) is 0 Å². The molecule has 4 aliphatic carbocycles. The van der Waals surface area contributed by atoms with E-state index in [0.717, 1.165) is 29.6 Å². The topological polar surface area (TPSA) is 0 Å². The van der Waals surface area contributed by atoms with E-state index in [9.17, 15) is 0 Å². The molecule has 3 fully saturated rings. The van der Waals surface area contributed by atoms with Crippen molar-refractivity contribution in [3.05, 3.63) is 11.6 Å². The van der Waals surface area contributed by atoms with E-state index in [-0.39, 0.29) is 0 Å². The Labute approximate surface area is 176 Å². The van der Waals surface area contributed by atoms with Gasteiger partial charge in [0.05, 0.1) is 0 Å². The lowest BCUT2D eigenvalue weighted by Crippen LogP contribution is -2.51. The summed E-state index contributed by atoms with van der Waals surface area (Å²) >= 11 is 0. The van der Waals surface area contributed by atoms with Crippen molar-refractivity contribution in [2.45, 2.75) is 119 Å². The van der Waals surface area contributed by atoms with E-state index in [1.54, 1.807) is 0 Å². The van der Waals surface area contributed by atoms with Gasteiger partial charge in [-0.1, -0.05) is 72.5 Å². The van der Waals surface area contributed by atoms with E-state index in [1.165, 1.54) is 77.0 Å². The first-order chi connectivity index (χ1) is 13.2. The molecule has 0 bridgehead atoms. The zero-order chi connectivity index (χ0) is 20.2. The Morgan fingerprint density at radius 2 is 1.71 bits per heavy atom. The van der Waals surface area contributed by atoms with Gasteiger partial charge in [0.25, 0.3) is 0 Å². The highest BCUT2D eigenvalue weighted by atomic mass is 14.7. The SMILES string of the molecule is CC(C)CCCC[C@]1(C)CCC2C3CC=C4C[C@H](C)CC[C@@]4(C)C3CC[C@]21C. The van der Waals surface area contributed by atoms with Crippen molar-refractivity contribution >= 4 is 0 Å². The first-order valence-corrected chi connectivity index (χ1v) is 12.9. The summed E-state index contributed by atoms with van der Waals surface area (Å²) in [5.74, 6) is 4.76. The van der Waals surface area contributed by atoms with Crippen molar-refractivity contribution in [2.24, 2.45) is 45.8 Å². The number of hydrogen-bond acceptors (Lipinski definition) is 0. The smallest absolute Gasteiger partial charge is 0.00851 e. The standard InChI is InChI=1S/C28H48/c1-20(2)9-7-8-15-26(4)16-13-25-23-11-10-22-19-21(3)12-17-27(22,5)24(23)14-18-28(25,26)6/h10,20-21,23-25H,7-9,11-19H2,1-6H3/t21-,23?,24?,25?,26-,27-,28-/m1/s1. The summed E-state index contributed by atoms with van der Waals surface area (Å²) in [7, 11) is 0. The van der Waals surface area contributed by atoms with Gasteiger partial charge in [0.1, 0.15) is 0 Å². The third-order valence-electron chi connectivity index (χ3n) is 10.9. The first kappa shape index (κ1) is 21.0. The zero-order valence-corrected chi connectivity index (χ0v) is 19.9. The van der Waals surface area contributed by atoms with Crippen LogP contribution < -0.4 is 0 Å². The van der Waals surface area contributed by atoms with E-state index in [4.69, 9.17) is 0 Å². The number of rotatable bonds is 5. The van der Waals surface area contributed by atoms with Crippen LogP contribution >= 0.6 is 0 Å². The second-order valence-electron chi connectivity index (χ2n) is 12.8. The predicted molar refractivity (Wildman–Crippen MR) is 122 cm³/mol. The molecule has 0 heteroatoms. The molecule has 0 amide bonds. The highest BCUT2D eigenvalue weighted by Gasteiger charge is 2.61. The van der Waals surface area contributed by atoms with Gasteiger partial charge >= 0.3 is 0 Å². The fraction of sp³-hybridized carbons (Fsp3) is 0.929. The average Bonchev–Trinajstić information content (AvgIpc) is 2.91. The van der Waals surface area contributed by atoms with Crippen molar-refractivity contribution < 1.29 is 0 Å². The fourth-order valence-electron chi connectivity index (χ4n) is 8.68. The highest BCUT2D eigenvalue weighted by molar-refractivity contribution is 5.25. The highest BCUT2D eigenvalue weighted by Crippen LogP contribution is 2.70. The second kappa shape index (κ2) is 7.46. The Kier molecular flexibility index (Phi) is 5.59. The van der Waals surface area contributed by atoms with Gasteiger partial charge in [-0.15, -0.1) is 0 Å². The molecule has 0 aliphatic heterocycles. The summed E-state index contributed by atoms with van der Waals surface area (Å²) in [5, 5.41) is 0. The predicted octanol–water partition coefficient (Wildman–Crippen LogP) is 8.81. The van der Waals surface area contributed by atoms with E-state index in [0.29, 0.717) is 16.2 Å². The van der Waals surface area contributed by atoms with Gasteiger partial charge < -0.3 is 0 Å². The van der Waals surface area contributed by atoms with Crippen LogP contribution in [0, 0.1) is 45.8 Å². The van der Waals surface area contributed by atoms with Gasteiger partial charge in [-0.25, -0.2) is 0 Å². The van der Waals surface area contributed by atoms with Crippen LogP contribution in [-0.4, -0.2) is 0 Å². The summed E-state index contributed by atoms with van der Waals surface area (Å²) in [4.78, 5) is 0. The van der Waals surface area contributed by atoms with Gasteiger partial charge in [-0.2, -0.15) is 0 Å². The second-order valence-corrected chi connectivity index (χ2v) is 12.8. The lowest BCUT2D eigenvalue weighted by Gasteiger charge is -2.59. The Hall–Kier alpha value is -0.260. The molecular formula is C28H48. The van der Waals surface area contributed by atoms with Crippen LogP contribution in [-0.2, 0) is 0 Å². The summed E-state index contributed by atoms with van der Waals surface area (Å²) < 4.78 is 0. The number of hydrogen-bond donors (Lipinski definition) is 0. The molecule has 3 saturated carbocycles. The van der Waals surface area contributed by atoms with Gasteiger partial charge in [-0.3, -0.25) is 0 Å². The van der Waals surface area contributed by atoms with Crippen LogP contribution in [0.1, 0.15) is 119 Å². The van der Waals surface area contributed by atoms with Crippen LogP contribution in [0.4, 0.5) is 0 Å². The van der Waals surface area contributed by atoms with Gasteiger partial charge in [-0.05, 0) is 104 Å². The maximum absolute atomic E-state index is 2.75. The fourth-order valence-corrected chi connectivity index (χ4v) is 8.68. The molecule has 0 aromatic rings. The summed E-state index contributed by atoms with van der Waals surface area (Å²) in [5.41, 5.74) is 3.62. The van der Waals surface area contributed by atoms with Crippen molar-refractivity contribution in [2.75, 3.05) is 0 Å². The Morgan fingerprint density at radius 3 is 2.46 bits per heavy atom. The van der Waals surface area contributed by atoms with Crippen molar-refractivity contribution in [1.82, 2.24) is 0 Å². The third kappa shape index (κ3) is 3.24. The van der Waals surface area contributed by atoms with Crippen molar-refractivity contribution in [3.8, 4) is 0 Å². The number of unbranched alkanes of at least 4 members (excludes halogenated alkanes) is 1. The van der Waals surface area contributed by atoms with Crippen molar-refractivity contribution in [3.63, 3.8) is 0 Å². The molecule has 0 aromatic heterocycles. The molecular weight excluding hydrogens is 336 g/mol.